The van der Waals surface area contributed by atoms with Crippen LogP contribution in [0.25, 0.3) is 10.9 Å². The van der Waals surface area contributed by atoms with Crippen LogP contribution in [0.3, 0.4) is 0 Å². The Hall–Kier alpha value is -1.77. The number of nitrogens with zero attached hydrogens (tertiary/aromatic N) is 1. The van der Waals surface area contributed by atoms with Crippen LogP contribution in [-0.2, 0) is 11.3 Å². The first-order valence-corrected chi connectivity index (χ1v) is 8.15. The molecule has 1 amide bonds. The number of benzene rings is 1. The molecule has 3 unspecified atom stereocenters. The fraction of sp³-hybridized carbons (Fsp3) is 0.500. The lowest BCUT2D eigenvalue weighted by Gasteiger charge is -2.43. The highest BCUT2D eigenvalue weighted by Crippen LogP contribution is 2.52. The first kappa shape index (κ1) is 12.9. The molecule has 5 rings (SSSR count). The van der Waals surface area contributed by atoms with Crippen LogP contribution in [0.1, 0.15) is 55.7 Å². The van der Waals surface area contributed by atoms with Crippen LogP contribution in [0.2, 0.25) is 0 Å². The van der Waals surface area contributed by atoms with Gasteiger partial charge in [0.1, 0.15) is 0 Å². The van der Waals surface area contributed by atoms with Crippen LogP contribution in [0.5, 0.6) is 0 Å². The number of amides is 1. The predicted molar refractivity (Wildman–Crippen MR) is 84.5 cm³/mol. The summed E-state index contributed by atoms with van der Waals surface area (Å²) in [5.41, 5.74) is 4.48. The largest absolute Gasteiger partial charge is 0.355 e. The Balaban J connectivity index is 1.95. The highest BCUT2D eigenvalue weighted by Gasteiger charge is 2.43. The van der Waals surface area contributed by atoms with E-state index in [0.717, 1.165) is 25.8 Å². The molecule has 1 saturated carbocycles. The SMILES string of the molecule is CCCn1c2c(c3ccccc31)C1CCC2C(NC=O)C1. The molecule has 0 spiro atoms. The molecule has 1 fully saturated rings. The third-order valence-corrected chi connectivity index (χ3v) is 5.39. The van der Waals surface area contributed by atoms with Crippen molar-refractivity contribution in [3.63, 3.8) is 0 Å². The smallest absolute Gasteiger partial charge is 0.207 e. The quantitative estimate of drug-likeness (QED) is 0.855. The maximum Gasteiger partial charge on any atom is 0.207 e. The molecule has 0 aliphatic heterocycles. The number of carbonyl (C=O) groups excluding carboxylic acids is 1. The first-order chi connectivity index (χ1) is 10.3. The molecule has 3 aliphatic carbocycles. The highest BCUT2D eigenvalue weighted by atomic mass is 16.1. The lowest BCUT2D eigenvalue weighted by Crippen LogP contribution is -2.43. The zero-order valence-electron chi connectivity index (χ0n) is 12.5. The fourth-order valence-corrected chi connectivity index (χ4v) is 4.68. The van der Waals surface area contributed by atoms with Crippen molar-refractivity contribution in [2.24, 2.45) is 0 Å². The van der Waals surface area contributed by atoms with Gasteiger partial charge < -0.3 is 9.88 Å². The summed E-state index contributed by atoms with van der Waals surface area (Å²) in [6, 6.07) is 9.16. The molecule has 1 N–H and O–H groups in total. The molecule has 1 aromatic carbocycles. The molecule has 1 aromatic heterocycles. The third-order valence-electron chi connectivity index (χ3n) is 5.39. The molecule has 3 nitrogen and oxygen atoms in total. The van der Waals surface area contributed by atoms with E-state index in [2.05, 4.69) is 41.1 Å². The van der Waals surface area contributed by atoms with Crippen LogP contribution in [0.15, 0.2) is 24.3 Å². The van der Waals surface area contributed by atoms with Gasteiger partial charge in [0.2, 0.25) is 6.41 Å². The molecule has 3 atom stereocenters. The Morgan fingerprint density at radius 3 is 3.00 bits per heavy atom. The van der Waals surface area contributed by atoms with E-state index in [4.69, 9.17) is 0 Å². The van der Waals surface area contributed by atoms with E-state index in [1.165, 1.54) is 29.4 Å². The second-order valence-electron chi connectivity index (χ2n) is 6.48. The normalized spacial score (nSPS) is 26.8. The van der Waals surface area contributed by atoms with Gasteiger partial charge in [-0.1, -0.05) is 25.1 Å². The van der Waals surface area contributed by atoms with Crippen LogP contribution in [0.4, 0.5) is 0 Å². The molecule has 21 heavy (non-hydrogen) atoms. The number of rotatable bonds is 4. The van der Waals surface area contributed by atoms with Crippen molar-refractivity contribution in [3.05, 3.63) is 35.5 Å². The number of aromatic nitrogens is 1. The van der Waals surface area contributed by atoms with Crippen molar-refractivity contribution >= 4 is 17.3 Å². The van der Waals surface area contributed by atoms with Gasteiger partial charge in [-0.05, 0) is 43.2 Å². The standard InChI is InChI=1S/C18H22N2O/c1-2-9-20-16-6-4-3-5-14(16)17-12-7-8-13(18(17)20)15(10-12)19-11-21/h3-6,11-13,15H,2,7-10H2,1H3,(H,19,21). The second kappa shape index (κ2) is 4.90. The van der Waals surface area contributed by atoms with Gasteiger partial charge in [-0.25, -0.2) is 0 Å². The van der Waals surface area contributed by atoms with Gasteiger partial charge in [0.25, 0.3) is 0 Å². The lowest BCUT2D eigenvalue weighted by atomic mass is 9.66. The van der Waals surface area contributed by atoms with Crippen LogP contribution < -0.4 is 5.32 Å². The minimum Gasteiger partial charge on any atom is -0.355 e. The van der Waals surface area contributed by atoms with Crippen molar-refractivity contribution in [1.82, 2.24) is 9.88 Å². The van der Waals surface area contributed by atoms with E-state index < -0.39 is 0 Å². The first-order valence-electron chi connectivity index (χ1n) is 8.15. The summed E-state index contributed by atoms with van der Waals surface area (Å²) >= 11 is 0. The number of aryl methyl sites for hydroxylation is 1. The molecule has 1 heterocycles. The summed E-state index contributed by atoms with van der Waals surface area (Å²) in [6.45, 7) is 3.32. The zero-order valence-corrected chi connectivity index (χ0v) is 12.5. The average Bonchev–Trinajstić information content (AvgIpc) is 2.86. The second-order valence-corrected chi connectivity index (χ2v) is 6.48. The van der Waals surface area contributed by atoms with Gasteiger partial charge in [0.05, 0.1) is 0 Å². The maximum absolute atomic E-state index is 10.9. The molecule has 0 radical (unpaired) electrons. The Kier molecular flexibility index (Phi) is 3.02. The van der Waals surface area contributed by atoms with E-state index in [0.29, 0.717) is 17.9 Å². The summed E-state index contributed by atoms with van der Waals surface area (Å²) < 4.78 is 2.53. The molecule has 0 saturated heterocycles. The van der Waals surface area contributed by atoms with Crippen LogP contribution in [0, 0.1) is 0 Å². The maximum atomic E-state index is 10.9. The van der Waals surface area contributed by atoms with Crippen molar-refractivity contribution in [1.29, 1.82) is 0 Å². The van der Waals surface area contributed by atoms with E-state index >= 15 is 0 Å². The monoisotopic (exact) mass is 282 g/mol. The van der Waals surface area contributed by atoms with Gasteiger partial charge in [-0.2, -0.15) is 0 Å². The number of nitrogens with one attached hydrogen (secondary N) is 1. The Morgan fingerprint density at radius 1 is 1.33 bits per heavy atom. The topological polar surface area (TPSA) is 34.0 Å². The van der Waals surface area contributed by atoms with Crippen LogP contribution in [-0.4, -0.2) is 17.0 Å². The average molecular weight is 282 g/mol. The van der Waals surface area contributed by atoms with E-state index in [9.17, 15) is 4.79 Å². The minimum absolute atomic E-state index is 0.327. The highest BCUT2D eigenvalue weighted by molar-refractivity contribution is 5.87. The number of hydrogen-bond donors (Lipinski definition) is 1. The van der Waals surface area contributed by atoms with E-state index in [1.807, 2.05) is 0 Å². The Bertz CT molecular complexity index is 688. The third kappa shape index (κ3) is 1.76. The molecule has 3 heteroatoms. The molecule has 2 bridgehead atoms. The predicted octanol–water partition coefficient (Wildman–Crippen LogP) is 3.53. The molecular weight excluding hydrogens is 260 g/mol. The van der Waals surface area contributed by atoms with Crippen LogP contribution >= 0.6 is 0 Å². The molecule has 2 aromatic rings. The molecule has 3 aliphatic rings. The summed E-state index contributed by atoms with van der Waals surface area (Å²) in [5.74, 6) is 1.11. The van der Waals surface area contributed by atoms with Gasteiger partial charge >= 0.3 is 0 Å². The van der Waals surface area contributed by atoms with Gasteiger partial charge in [0.15, 0.2) is 0 Å². The summed E-state index contributed by atoms with van der Waals surface area (Å²) in [4.78, 5) is 10.9. The summed E-state index contributed by atoms with van der Waals surface area (Å²) in [5, 5.41) is 4.52. The number of hydrogen-bond acceptors (Lipinski definition) is 1. The molecular formula is C18H22N2O. The minimum atomic E-state index is 0.327. The number of carbonyl (C=O) groups is 1. The lowest BCUT2D eigenvalue weighted by molar-refractivity contribution is -0.110. The summed E-state index contributed by atoms with van der Waals surface area (Å²) in [6.07, 6.45) is 5.63. The number of fused-ring (bicyclic) bond motifs is 3. The number of para-hydroxylation sites is 1. The Morgan fingerprint density at radius 2 is 2.19 bits per heavy atom. The van der Waals surface area contributed by atoms with Gasteiger partial charge in [0, 0.05) is 35.1 Å². The summed E-state index contributed by atoms with van der Waals surface area (Å²) in [7, 11) is 0. The van der Waals surface area contributed by atoms with Crippen molar-refractivity contribution < 1.29 is 4.79 Å². The van der Waals surface area contributed by atoms with E-state index in [-0.39, 0.29) is 0 Å². The van der Waals surface area contributed by atoms with Crippen molar-refractivity contribution in [2.45, 2.75) is 57.0 Å². The van der Waals surface area contributed by atoms with E-state index in [1.54, 1.807) is 5.56 Å². The van der Waals surface area contributed by atoms with Gasteiger partial charge in [-0.3, -0.25) is 4.79 Å². The van der Waals surface area contributed by atoms with Crippen molar-refractivity contribution in [3.8, 4) is 0 Å². The van der Waals surface area contributed by atoms with Gasteiger partial charge in [-0.15, -0.1) is 0 Å². The fourth-order valence-electron chi connectivity index (χ4n) is 4.68. The Labute approximate surface area is 125 Å². The molecule has 110 valence electrons. The zero-order chi connectivity index (χ0) is 14.4. The van der Waals surface area contributed by atoms with Crippen molar-refractivity contribution in [2.75, 3.05) is 0 Å².